The Morgan fingerprint density at radius 1 is 1.30 bits per heavy atom. The molecule has 1 aliphatic rings. The van der Waals surface area contributed by atoms with Crippen molar-refractivity contribution in [1.29, 1.82) is 0 Å². The highest BCUT2D eigenvalue weighted by molar-refractivity contribution is 5.94. The fraction of sp³-hybridized carbons (Fsp3) is 0.438. The van der Waals surface area contributed by atoms with Gasteiger partial charge in [-0.15, -0.1) is 0 Å². The summed E-state index contributed by atoms with van der Waals surface area (Å²) in [7, 11) is 0. The monoisotopic (exact) mass is 321 g/mol. The second-order valence-corrected chi connectivity index (χ2v) is 6.06. The summed E-state index contributed by atoms with van der Waals surface area (Å²) >= 11 is 0. The van der Waals surface area contributed by atoms with Crippen LogP contribution in [0.4, 0.5) is 10.5 Å². The Labute approximate surface area is 133 Å². The molecule has 2 rings (SSSR count). The lowest BCUT2D eigenvalue weighted by Gasteiger charge is -2.19. The molecule has 7 nitrogen and oxygen atoms in total. The van der Waals surface area contributed by atoms with Crippen molar-refractivity contribution in [3.63, 3.8) is 0 Å². The van der Waals surface area contributed by atoms with Crippen LogP contribution in [-0.4, -0.2) is 36.3 Å². The van der Waals surface area contributed by atoms with Gasteiger partial charge in [-0.2, -0.15) is 0 Å². The minimum Gasteiger partial charge on any atom is -0.463 e. The molecule has 1 aromatic carbocycles. The molecular formula is C16H19NO6. The van der Waals surface area contributed by atoms with Gasteiger partial charge in [0.2, 0.25) is 6.10 Å². The molecule has 1 fully saturated rings. The smallest absolute Gasteiger partial charge is 0.412 e. The van der Waals surface area contributed by atoms with Gasteiger partial charge >= 0.3 is 18.0 Å². The van der Waals surface area contributed by atoms with Crippen LogP contribution in [0.3, 0.4) is 0 Å². The van der Waals surface area contributed by atoms with Crippen LogP contribution < -0.4 is 5.32 Å². The molecule has 0 saturated carbocycles. The van der Waals surface area contributed by atoms with Gasteiger partial charge in [-0.3, -0.25) is 5.32 Å². The highest BCUT2D eigenvalue weighted by atomic mass is 16.6. The summed E-state index contributed by atoms with van der Waals surface area (Å²) in [6.45, 7) is 5.50. The van der Waals surface area contributed by atoms with E-state index in [1.165, 1.54) is 12.1 Å². The number of cyclic esters (lactones) is 1. The van der Waals surface area contributed by atoms with E-state index in [-0.39, 0.29) is 12.2 Å². The quantitative estimate of drug-likeness (QED) is 0.679. The van der Waals surface area contributed by atoms with Gasteiger partial charge in [0.05, 0.1) is 12.2 Å². The molecular weight excluding hydrogens is 302 g/mol. The maximum absolute atomic E-state index is 12.0. The van der Waals surface area contributed by atoms with Crippen molar-refractivity contribution in [1.82, 2.24) is 0 Å². The summed E-state index contributed by atoms with van der Waals surface area (Å²) in [6, 6.07) is 6.19. The number of nitrogens with one attached hydrogen (secondary N) is 1. The van der Waals surface area contributed by atoms with Crippen molar-refractivity contribution in [2.24, 2.45) is 0 Å². The Morgan fingerprint density at radius 3 is 2.65 bits per heavy atom. The Kier molecular flexibility index (Phi) is 4.88. The first-order chi connectivity index (χ1) is 10.7. The number of esters is 2. The first kappa shape index (κ1) is 16.8. The second kappa shape index (κ2) is 6.68. The second-order valence-electron chi connectivity index (χ2n) is 6.06. The third-order valence-electron chi connectivity index (χ3n) is 2.88. The van der Waals surface area contributed by atoms with Gasteiger partial charge in [-0.1, -0.05) is 6.07 Å². The fourth-order valence-corrected chi connectivity index (χ4v) is 1.93. The van der Waals surface area contributed by atoms with Crippen molar-refractivity contribution < 1.29 is 28.6 Å². The first-order valence-electron chi connectivity index (χ1n) is 7.22. The number of amides is 1. The molecule has 0 aliphatic carbocycles. The van der Waals surface area contributed by atoms with Crippen LogP contribution in [0.1, 0.15) is 37.6 Å². The van der Waals surface area contributed by atoms with E-state index in [4.69, 9.17) is 14.2 Å². The van der Waals surface area contributed by atoms with Crippen LogP contribution in [0.5, 0.6) is 0 Å². The molecule has 1 N–H and O–H groups in total. The molecule has 1 aliphatic heterocycles. The molecule has 1 aromatic rings. The highest BCUT2D eigenvalue weighted by Gasteiger charge is 2.30. The summed E-state index contributed by atoms with van der Waals surface area (Å²) in [5, 5.41) is 2.54. The van der Waals surface area contributed by atoms with E-state index < -0.39 is 29.7 Å². The molecule has 0 unspecified atom stereocenters. The lowest BCUT2D eigenvalue weighted by molar-refractivity contribution is -0.145. The molecule has 0 bridgehead atoms. The van der Waals surface area contributed by atoms with E-state index in [9.17, 15) is 14.4 Å². The third-order valence-corrected chi connectivity index (χ3v) is 2.88. The van der Waals surface area contributed by atoms with Gasteiger partial charge in [-0.05, 0) is 39.0 Å². The topological polar surface area (TPSA) is 90.9 Å². The van der Waals surface area contributed by atoms with Gasteiger partial charge in [0.15, 0.2) is 0 Å². The zero-order chi connectivity index (χ0) is 17.0. The molecule has 1 atom stereocenters. The number of benzene rings is 1. The molecule has 0 aromatic heterocycles. The summed E-state index contributed by atoms with van der Waals surface area (Å²) in [5.41, 5.74) is -0.00957. The molecule has 1 heterocycles. The Balaban J connectivity index is 2.00. The average Bonchev–Trinajstić information content (AvgIpc) is 2.82. The number of anilines is 1. The maximum Gasteiger partial charge on any atom is 0.412 e. The Bertz CT molecular complexity index is 619. The molecule has 124 valence electrons. The van der Waals surface area contributed by atoms with E-state index in [1.54, 1.807) is 32.9 Å². The van der Waals surface area contributed by atoms with E-state index in [2.05, 4.69) is 5.32 Å². The summed E-state index contributed by atoms with van der Waals surface area (Å²) < 4.78 is 15.0. The normalized spacial score (nSPS) is 17.3. The minimum atomic E-state index is -0.870. The van der Waals surface area contributed by atoms with Gasteiger partial charge in [0.1, 0.15) is 5.60 Å². The highest BCUT2D eigenvalue weighted by Crippen LogP contribution is 2.17. The van der Waals surface area contributed by atoms with Crippen molar-refractivity contribution in [3.8, 4) is 0 Å². The fourth-order valence-electron chi connectivity index (χ4n) is 1.93. The minimum absolute atomic E-state index is 0.221. The largest absolute Gasteiger partial charge is 0.463 e. The Hall–Kier alpha value is -2.57. The van der Waals surface area contributed by atoms with Gasteiger partial charge < -0.3 is 14.2 Å². The van der Waals surface area contributed by atoms with E-state index in [0.717, 1.165) is 0 Å². The van der Waals surface area contributed by atoms with Gasteiger partial charge in [0.25, 0.3) is 0 Å². The van der Waals surface area contributed by atoms with Gasteiger partial charge in [-0.25, -0.2) is 14.4 Å². The molecule has 0 radical (unpaired) electrons. The van der Waals surface area contributed by atoms with Crippen LogP contribution in [0.25, 0.3) is 0 Å². The van der Waals surface area contributed by atoms with Crippen molar-refractivity contribution in [2.75, 3.05) is 11.9 Å². The van der Waals surface area contributed by atoms with Crippen molar-refractivity contribution >= 4 is 23.7 Å². The molecule has 7 heteroatoms. The zero-order valence-corrected chi connectivity index (χ0v) is 13.3. The number of rotatable bonds is 3. The van der Waals surface area contributed by atoms with Gasteiger partial charge in [0, 0.05) is 12.1 Å². The summed E-state index contributed by atoms with van der Waals surface area (Å²) in [4.78, 5) is 35.1. The lowest BCUT2D eigenvalue weighted by Crippen LogP contribution is -2.27. The van der Waals surface area contributed by atoms with Crippen LogP contribution in [-0.2, 0) is 19.0 Å². The molecule has 0 spiro atoms. The van der Waals surface area contributed by atoms with Crippen LogP contribution in [0.2, 0.25) is 0 Å². The van der Waals surface area contributed by atoms with Crippen LogP contribution >= 0.6 is 0 Å². The molecule has 1 amide bonds. The number of carbonyl (C=O) groups excluding carboxylic acids is 3. The molecule has 23 heavy (non-hydrogen) atoms. The van der Waals surface area contributed by atoms with Crippen LogP contribution in [0.15, 0.2) is 24.3 Å². The average molecular weight is 321 g/mol. The van der Waals surface area contributed by atoms with E-state index in [1.807, 2.05) is 0 Å². The third kappa shape index (κ3) is 4.98. The summed E-state index contributed by atoms with van der Waals surface area (Å²) in [6.07, 6.45) is -1.15. The SMILES string of the molecule is CC(C)(C)OC(=O)Nc1cccc(C(=O)O[C@@H]2CCOC2=O)c1. The first-order valence-corrected chi connectivity index (χ1v) is 7.22. The maximum atomic E-state index is 12.0. The predicted octanol–water partition coefficient (Wildman–Crippen LogP) is 2.51. The standard InChI is InChI=1S/C16H19NO6/c1-16(2,3)23-15(20)17-11-6-4-5-10(9-11)13(18)22-12-7-8-21-14(12)19/h4-6,9,12H,7-8H2,1-3H3,(H,17,20)/t12-/m1/s1. The number of hydrogen-bond donors (Lipinski definition) is 1. The predicted molar refractivity (Wildman–Crippen MR) is 81.1 cm³/mol. The molecule has 1 saturated heterocycles. The van der Waals surface area contributed by atoms with Crippen molar-refractivity contribution in [3.05, 3.63) is 29.8 Å². The Morgan fingerprint density at radius 2 is 2.04 bits per heavy atom. The number of ether oxygens (including phenoxy) is 3. The van der Waals surface area contributed by atoms with E-state index >= 15 is 0 Å². The lowest BCUT2D eigenvalue weighted by atomic mass is 10.2. The zero-order valence-electron chi connectivity index (χ0n) is 13.3. The number of hydrogen-bond acceptors (Lipinski definition) is 6. The summed E-state index contributed by atoms with van der Waals surface area (Å²) in [5.74, 6) is -1.19. The van der Waals surface area contributed by atoms with E-state index in [0.29, 0.717) is 12.1 Å². The number of carbonyl (C=O) groups is 3. The van der Waals surface area contributed by atoms with Crippen molar-refractivity contribution in [2.45, 2.75) is 38.9 Å². The van der Waals surface area contributed by atoms with Crippen LogP contribution in [0, 0.1) is 0 Å².